The Hall–Kier alpha value is -2.74. The van der Waals surface area contributed by atoms with Gasteiger partial charge < -0.3 is 5.32 Å². The van der Waals surface area contributed by atoms with E-state index in [2.05, 4.69) is 10.3 Å². The predicted molar refractivity (Wildman–Crippen MR) is 99.7 cm³/mol. The minimum absolute atomic E-state index is 0.209. The predicted octanol–water partition coefficient (Wildman–Crippen LogP) is 5.46. The Morgan fingerprint density at radius 2 is 1.64 bits per heavy atom. The van der Waals surface area contributed by atoms with Crippen LogP contribution in [0.25, 0.3) is 0 Å². The number of thiazole rings is 1. The molecule has 146 valence electrons. The summed E-state index contributed by atoms with van der Waals surface area (Å²) in [5.74, 6) is -0.531. The van der Waals surface area contributed by atoms with Crippen LogP contribution in [-0.2, 0) is 23.8 Å². The highest BCUT2D eigenvalue weighted by atomic mass is 32.1. The fourth-order valence-corrected chi connectivity index (χ4v) is 3.41. The molecule has 3 aromatic rings. The monoisotopic (exact) mass is 408 g/mol. The molecule has 0 atom stereocenters. The van der Waals surface area contributed by atoms with Gasteiger partial charge in [0, 0.05) is 23.9 Å². The average molecular weight is 408 g/mol. The number of halogens is 4. The second kappa shape index (κ2) is 8.52. The maximum absolute atomic E-state index is 12.9. The van der Waals surface area contributed by atoms with Crippen molar-refractivity contribution in [3.05, 3.63) is 82.1 Å². The molecule has 3 nitrogen and oxygen atoms in total. The van der Waals surface area contributed by atoms with Crippen molar-refractivity contribution in [3.8, 4) is 0 Å². The van der Waals surface area contributed by atoms with Crippen LogP contribution >= 0.6 is 11.3 Å². The van der Waals surface area contributed by atoms with Crippen molar-refractivity contribution in [3.63, 3.8) is 0 Å². The number of amides is 1. The van der Waals surface area contributed by atoms with Crippen LogP contribution in [0.5, 0.6) is 0 Å². The van der Waals surface area contributed by atoms with Gasteiger partial charge in [-0.15, -0.1) is 11.3 Å². The Kier molecular flexibility index (Phi) is 6.08. The minimum Gasteiger partial charge on any atom is -0.302 e. The first kappa shape index (κ1) is 20.0. The van der Waals surface area contributed by atoms with E-state index in [1.807, 2.05) is 0 Å². The molecule has 0 bridgehead atoms. The molecule has 0 aliphatic rings. The summed E-state index contributed by atoms with van der Waals surface area (Å²) in [4.78, 5) is 17.0. The number of hydrogen-bond donors (Lipinski definition) is 1. The summed E-state index contributed by atoms with van der Waals surface area (Å²) in [5, 5.41) is 3.14. The maximum Gasteiger partial charge on any atom is 0.416 e. The fourth-order valence-electron chi connectivity index (χ4n) is 2.55. The van der Waals surface area contributed by atoms with E-state index in [9.17, 15) is 22.4 Å². The zero-order chi connectivity index (χ0) is 20.1. The zero-order valence-corrected chi connectivity index (χ0v) is 15.4. The highest BCUT2D eigenvalue weighted by molar-refractivity contribution is 7.15. The van der Waals surface area contributed by atoms with E-state index >= 15 is 0 Å². The molecule has 0 aliphatic carbocycles. The van der Waals surface area contributed by atoms with Gasteiger partial charge in [-0.1, -0.05) is 24.3 Å². The van der Waals surface area contributed by atoms with Gasteiger partial charge in [-0.2, -0.15) is 13.2 Å². The van der Waals surface area contributed by atoms with E-state index in [-0.39, 0.29) is 18.1 Å². The summed E-state index contributed by atoms with van der Waals surface area (Å²) in [6.07, 6.45) is -1.61. The summed E-state index contributed by atoms with van der Waals surface area (Å²) in [6, 6.07) is 10.9. The van der Waals surface area contributed by atoms with Crippen molar-refractivity contribution in [1.82, 2.24) is 4.98 Å². The van der Waals surface area contributed by atoms with Gasteiger partial charge in [0.05, 0.1) is 5.56 Å². The van der Waals surface area contributed by atoms with Crippen LogP contribution in [0.2, 0.25) is 0 Å². The number of hydrogen-bond acceptors (Lipinski definition) is 3. The van der Waals surface area contributed by atoms with Crippen LogP contribution < -0.4 is 5.32 Å². The molecule has 2 aromatic carbocycles. The van der Waals surface area contributed by atoms with Crippen LogP contribution in [0.4, 0.5) is 22.7 Å². The number of benzene rings is 2. The van der Waals surface area contributed by atoms with Gasteiger partial charge in [0.25, 0.3) is 0 Å². The summed E-state index contributed by atoms with van der Waals surface area (Å²) >= 11 is 1.27. The van der Waals surface area contributed by atoms with E-state index in [0.29, 0.717) is 18.0 Å². The number of carbonyl (C=O) groups is 1. The molecule has 1 aromatic heterocycles. The summed E-state index contributed by atoms with van der Waals surface area (Å²) in [6.45, 7) is 0. The Morgan fingerprint density at radius 3 is 2.29 bits per heavy atom. The van der Waals surface area contributed by atoms with Crippen molar-refractivity contribution in [1.29, 1.82) is 0 Å². The molecule has 0 unspecified atom stereocenters. The smallest absolute Gasteiger partial charge is 0.302 e. The van der Waals surface area contributed by atoms with E-state index in [1.165, 1.54) is 35.6 Å². The molecular formula is C20H16F4N2OS. The van der Waals surface area contributed by atoms with E-state index in [4.69, 9.17) is 0 Å². The Balaban J connectivity index is 1.52. The highest BCUT2D eigenvalue weighted by Crippen LogP contribution is 2.30. The fraction of sp³-hybridized carbons (Fsp3) is 0.200. The summed E-state index contributed by atoms with van der Waals surface area (Å²) in [5.41, 5.74) is 0.902. The Morgan fingerprint density at radius 1 is 1.00 bits per heavy atom. The topological polar surface area (TPSA) is 42.0 Å². The van der Waals surface area contributed by atoms with Gasteiger partial charge >= 0.3 is 6.18 Å². The van der Waals surface area contributed by atoms with Crippen LogP contribution in [0.1, 0.15) is 28.0 Å². The number of carbonyl (C=O) groups excluding carboxylic acids is 1. The third-order valence-corrected chi connectivity index (χ3v) is 4.93. The number of aromatic nitrogens is 1. The van der Waals surface area contributed by atoms with Crippen molar-refractivity contribution < 1.29 is 22.4 Å². The molecule has 8 heteroatoms. The number of rotatable bonds is 6. The number of nitrogens with zero attached hydrogens (tertiary/aromatic N) is 1. The molecule has 1 amide bonds. The average Bonchev–Trinajstić information content (AvgIpc) is 3.07. The van der Waals surface area contributed by atoms with Crippen molar-refractivity contribution in [2.75, 3.05) is 5.32 Å². The molecular weight excluding hydrogens is 392 g/mol. The Labute approximate surface area is 163 Å². The van der Waals surface area contributed by atoms with Crippen molar-refractivity contribution >= 4 is 22.4 Å². The van der Waals surface area contributed by atoms with Crippen LogP contribution in [0.3, 0.4) is 0 Å². The molecule has 0 spiro atoms. The van der Waals surface area contributed by atoms with Gasteiger partial charge in [-0.3, -0.25) is 4.79 Å². The lowest BCUT2D eigenvalue weighted by Gasteiger charge is -2.06. The van der Waals surface area contributed by atoms with Crippen LogP contribution in [-0.4, -0.2) is 10.9 Å². The van der Waals surface area contributed by atoms with Crippen LogP contribution in [0.15, 0.2) is 54.7 Å². The van der Waals surface area contributed by atoms with Gasteiger partial charge in [0.15, 0.2) is 5.13 Å². The quantitative estimate of drug-likeness (QED) is 0.550. The summed E-state index contributed by atoms with van der Waals surface area (Å²) in [7, 11) is 0. The van der Waals surface area contributed by atoms with Gasteiger partial charge in [-0.05, 0) is 41.8 Å². The zero-order valence-electron chi connectivity index (χ0n) is 14.6. The first-order valence-electron chi connectivity index (χ1n) is 8.45. The molecule has 1 heterocycles. The first-order chi connectivity index (χ1) is 13.3. The normalized spacial score (nSPS) is 11.4. The second-order valence-corrected chi connectivity index (χ2v) is 7.29. The standard InChI is InChI=1S/C20H16F4N2OS/c21-16-8-3-13(4-9-16)5-10-18(27)26-19-25-12-17(28-19)11-14-1-6-15(7-2-14)20(22,23)24/h1-4,6-9,12H,5,10-11H2,(H,25,26,27). The molecule has 0 radical (unpaired) electrons. The SMILES string of the molecule is O=C(CCc1ccc(F)cc1)Nc1ncc(Cc2ccc(C(F)(F)F)cc2)s1. The number of alkyl halides is 3. The van der Waals surface area contributed by atoms with Gasteiger partial charge in [-0.25, -0.2) is 9.37 Å². The van der Waals surface area contributed by atoms with E-state index in [1.54, 1.807) is 18.3 Å². The maximum atomic E-state index is 12.9. The number of nitrogens with one attached hydrogen (secondary N) is 1. The minimum atomic E-state index is -4.35. The molecule has 0 fully saturated rings. The van der Waals surface area contributed by atoms with E-state index in [0.717, 1.165) is 28.1 Å². The second-order valence-electron chi connectivity index (χ2n) is 6.18. The number of anilines is 1. The third kappa shape index (κ3) is 5.63. The number of aryl methyl sites for hydroxylation is 1. The lowest BCUT2D eigenvalue weighted by Crippen LogP contribution is -2.12. The molecule has 3 rings (SSSR count). The molecule has 1 N–H and O–H groups in total. The van der Waals surface area contributed by atoms with Crippen molar-refractivity contribution in [2.45, 2.75) is 25.4 Å². The lowest BCUT2D eigenvalue weighted by molar-refractivity contribution is -0.137. The summed E-state index contributed by atoms with van der Waals surface area (Å²) < 4.78 is 50.7. The lowest BCUT2D eigenvalue weighted by atomic mass is 10.1. The van der Waals surface area contributed by atoms with Crippen LogP contribution in [0, 0.1) is 5.82 Å². The highest BCUT2D eigenvalue weighted by Gasteiger charge is 2.29. The molecule has 0 saturated carbocycles. The molecule has 0 aliphatic heterocycles. The first-order valence-corrected chi connectivity index (χ1v) is 9.26. The van der Waals surface area contributed by atoms with Gasteiger partial charge in [0.2, 0.25) is 5.91 Å². The van der Waals surface area contributed by atoms with Crippen molar-refractivity contribution in [2.24, 2.45) is 0 Å². The largest absolute Gasteiger partial charge is 0.416 e. The Bertz CT molecular complexity index is 934. The van der Waals surface area contributed by atoms with E-state index < -0.39 is 11.7 Å². The van der Waals surface area contributed by atoms with Gasteiger partial charge in [0.1, 0.15) is 5.82 Å². The molecule has 0 saturated heterocycles. The molecule has 28 heavy (non-hydrogen) atoms. The third-order valence-electron chi connectivity index (χ3n) is 4.01.